The molecule has 144 valence electrons. The van der Waals surface area contributed by atoms with E-state index in [2.05, 4.69) is 10.4 Å². The molecule has 1 amide bonds. The monoisotopic (exact) mass is 399 g/mol. The van der Waals surface area contributed by atoms with Crippen LogP contribution in [0.15, 0.2) is 54.7 Å². The highest BCUT2D eigenvalue weighted by atomic mass is 35.5. The lowest BCUT2D eigenvalue weighted by molar-refractivity contribution is -0.118. The second-order valence-electron chi connectivity index (χ2n) is 5.83. The van der Waals surface area contributed by atoms with Crippen molar-refractivity contribution in [3.05, 3.63) is 70.9 Å². The number of ether oxygens (including phenoxy) is 2. The van der Waals surface area contributed by atoms with E-state index in [1.54, 1.807) is 41.2 Å². The molecule has 0 radical (unpaired) electrons. The molecule has 0 saturated heterocycles. The van der Waals surface area contributed by atoms with Crippen molar-refractivity contribution in [3.8, 4) is 11.5 Å². The molecule has 0 unspecified atom stereocenters. The molecule has 0 aliphatic rings. The van der Waals surface area contributed by atoms with Crippen molar-refractivity contribution in [2.75, 3.05) is 19.0 Å². The number of nitrogens with one attached hydrogen (secondary N) is 1. The number of rotatable bonds is 8. The summed E-state index contributed by atoms with van der Waals surface area (Å²) in [4.78, 5) is 23.1. The fraction of sp³-hybridized carbons (Fsp3) is 0.150. The molecule has 0 aliphatic carbocycles. The largest absolute Gasteiger partial charge is 0.493 e. The van der Waals surface area contributed by atoms with E-state index in [4.69, 9.17) is 21.1 Å². The molecule has 1 aromatic heterocycles. The Morgan fingerprint density at radius 3 is 2.79 bits per heavy atom. The highest BCUT2D eigenvalue weighted by Crippen LogP contribution is 2.27. The maximum atomic E-state index is 12.3. The molecule has 3 rings (SSSR count). The fourth-order valence-electron chi connectivity index (χ4n) is 2.55. The van der Waals surface area contributed by atoms with E-state index in [9.17, 15) is 9.59 Å². The van der Waals surface area contributed by atoms with Crippen LogP contribution in [0.25, 0.3) is 0 Å². The fourth-order valence-corrected chi connectivity index (χ4v) is 2.75. The van der Waals surface area contributed by atoms with Crippen LogP contribution in [0.4, 0.5) is 5.82 Å². The van der Waals surface area contributed by atoms with Crippen molar-refractivity contribution in [2.24, 2.45) is 0 Å². The maximum absolute atomic E-state index is 12.3. The van der Waals surface area contributed by atoms with Gasteiger partial charge in [0.25, 0.3) is 5.91 Å². The summed E-state index contributed by atoms with van der Waals surface area (Å²) >= 11 is 6.18. The van der Waals surface area contributed by atoms with Crippen molar-refractivity contribution in [2.45, 2.75) is 6.54 Å². The van der Waals surface area contributed by atoms with Crippen LogP contribution in [0.3, 0.4) is 0 Å². The van der Waals surface area contributed by atoms with Crippen molar-refractivity contribution in [1.29, 1.82) is 0 Å². The first-order chi connectivity index (χ1) is 13.6. The number of nitrogens with zero attached hydrogens (tertiary/aromatic N) is 2. The number of halogens is 1. The lowest BCUT2D eigenvalue weighted by Gasteiger charge is -2.12. The van der Waals surface area contributed by atoms with Crippen LogP contribution in [-0.2, 0) is 11.3 Å². The Hall–Kier alpha value is -3.32. The summed E-state index contributed by atoms with van der Waals surface area (Å²) in [7, 11) is 1.46. The first-order valence-electron chi connectivity index (χ1n) is 8.42. The zero-order chi connectivity index (χ0) is 19.9. The Labute approximate surface area is 166 Å². The minimum atomic E-state index is -0.359. The molecule has 3 aromatic rings. The maximum Gasteiger partial charge on any atom is 0.263 e. The van der Waals surface area contributed by atoms with Crippen LogP contribution >= 0.6 is 11.6 Å². The molecule has 0 saturated carbocycles. The van der Waals surface area contributed by atoms with Crippen LogP contribution in [-0.4, -0.2) is 35.7 Å². The van der Waals surface area contributed by atoms with Gasteiger partial charge in [0, 0.05) is 16.7 Å². The predicted molar refractivity (Wildman–Crippen MR) is 105 cm³/mol. The highest BCUT2D eigenvalue weighted by Gasteiger charge is 2.12. The first kappa shape index (κ1) is 19.4. The second-order valence-corrected chi connectivity index (χ2v) is 6.24. The quantitative estimate of drug-likeness (QED) is 0.587. The van der Waals surface area contributed by atoms with Gasteiger partial charge < -0.3 is 14.8 Å². The molecule has 7 nitrogen and oxygen atoms in total. The molecule has 0 fully saturated rings. The van der Waals surface area contributed by atoms with E-state index < -0.39 is 0 Å². The van der Waals surface area contributed by atoms with Crippen molar-refractivity contribution in [3.63, 3.8) is 0 Å². The minimum absolute atomic E-state index is 0.228. The van der Waals surface area contributed by atoms with Gasteiger partial charge in [0.2, 0.25) is 0 Å². The number of methoxy groups -OCH3 is 1. The zero-order valence-electron chi connectivity index (χ0n) is 15.1. The third-order valence-electron chi connectivity index (χ3n) is 3.94. The summed E-state index contributed by atoms with van der Waals surface area (Å²) in [5.41, 5.74) is 1.34. The summed E-state index contributed by atoms with van der Waals surface area (Å²) in [5.74, 6) is 0.910. The number of anilines is 1. The van der Waals surface area contributed by atoms with E-state index >= 15 is 0 Å². The number of aldehydes is 1. The Kier molecular flexibility index (Phi) is 6.29. The Morgan fingerprint density at radius 1 is 1.21 bits per heavy atom. The van der Waals surface area contributed by atoms with Crippen molar-refractivity contribution < 1.29 is 19.1 Å². The number of benzene rings is 2. The van der Waals surface area contributed by atoms with Gasteiger partial charge in [0.05, 0.1) is 19.9 Å². The van der Waals surface area contributed by atoms with Gasteiger partial charge in [-0.3, -0.25) is 9.59 Å². The zero-order valence-corrected chi connectivity index (χ0v) is 15.8. The summed E-state index contributed by atoms with van der Waals surface area (Å²) in [6.07, 6.45) is 2.30. The topological polar surface area (TPSA) is 82.4 Å². The summed E-state index contributed by atoms with van der Waals surface area (Å²) in [6, 6.07) is 13.8. The highest BCUT2D eigenvalue weighted by molar-refractivity contribution is 6.31. The van der Waals surface area contributed by atoms with Crippen LogP contribution in [0.1, 0.15) is 15.9 Å². The lowest BCUT2D eigenvalue weighted by atomic mass is 10.2. The van der Waals surface area contributed by atoms with Gasteiger partial charge in [0.1, 0.15) is 12.1 Å². The smallest absolute Gasteiger partial charge is 0.263 e. The molecule has 0 aliphatic heterocycles. The standard InChI is InChI=1S/C20H18ClN3O4/c1-27-18-10-14(12-25)6-7-17(18)28-13-20(26)23-19-8-9-22-24(19)11-15-4-2-3-5-16(15)21/h2-10,12H,11,13H2,1H3,(H,23,26). The van der Waals surface area contributed by atoms with E-state index in [0.29, 0.717) is 40.7 Å². The van der Waals surface area contributed by atoms with E-state index in [0.717, 1.165) is 5.56 Å². The molecule has 0 spiro atoms. The van der Waals surface area contributed by atoms with Gasteiger partial charge >= 0.3 is 0 Å². The van der Waals surface area contributed by atoms with E-state index in [-0.39, 0.29) is 12.5 Å². The molecule has 1 heterocycles. The summed E-state index contributed by atoms with van der Waals surface area (Å²) < 4.78 is 12.3. The number of carbonyl (C=O) groups is 2. The SMILES string of the molecule is COc1cc(C=O)ccc1OCC(=O)Nc1ccnn1Cc1ccccc1Cl. The van der Waals surface area contributed by atoms with Gasteiger partial charge in [-0.2, -0.15) is 5.10 Å². The molecule has 8 heteroatoms. The van der Waals surface area contributed by atoms with Crippen molar-refractivity contribution in [1.82, 2.24) is 9.78 Å². The number of amides is 1. The average molecular weight is 400 g/mol. The molecule has 1 N–H and O–H groups in total. The van der Waals surface area contributed by atoms with Gasteiger partial charge in [-0.25, -0.2) is 4.68 Å². The molecular weight excluding hydrogens is 382 g/mol. The van der Waals surface area contributed by atoms with Gasteiger partial charge in [-0.15, -0.1) is 0 Å². The summed E-state index contributed by atoms with van der Waals surface area (Å²) in [5, 5.41) is 7.61. The Balaban J connectivity index is 1.63. The predicted octanol–water partition coefficient (Wildman–Crippen LogP) is 3.42. The molecule has 0 atom stereocenters. The Morgan fingerprint density at radius 2 is 2.04 bits per heavy atom. The first-order valence-corrected chi connectivity index (χ1v) is 8.79. The van der Waals surface area contributed by atoms with Crippen LogP contribution in [0.5, 0.6) is 11.5 Å². The summed E-state index contributed by atoms with van der Waals surface area (Å²) in [6.45, 7) is 0.193. The normalized spacial score (nSPS) is 10.4. The number of hydrogen-bond donors (Lipinski definition) is 1. The van der Waals surface area contributed by atoms with Crippen LogP contribution in [0.2, 0.25) is 5.02 Å². The Bertz CT molecular complexity index is 987. The van der Waals surface area contributed by atoms with Crippen LogP contribution in [0, 0.1) is 0 Å². The average Bonchev–Trinajstić information content (AvgIpc) is 3.14. The van der Waals surface area contributed by atoms with Gasteiger partial charge in [0.15, 0.2) is 18.1 Å². The molecular formula is C20H18ClN3O4. The molecule has 2 aromatic carbocycles. The van der Waals surface area contributed by atoms with E-state index in [1.807, 2.05) is 18.2 Å². The van der Waals surface area contributed by atoms with Gasteiger partial charge in [-0.1, -0.05) is 29.8 Å². The number of aromatic nitrogens is 2. The molecule has 0 bridgehead atoms. The third kappa shape index (κ3) is 4.69. The lowest BCUT2D eigenvalue weighted by Crippen LogP contribution is -2.22. The van der Waals surface area contributed by atoms with Crippen LogP contribution < -0.4 is 14.8 Å². The number of hydrogen-bond acceptors (Lipinski definition) is 5. The van der Waals surface area contributed by atoms with Crippen molar-refractivity contribution >= 4 is 29.6 Å². The number of carbonyl (C=O) groups excluding carboxylic acids is 2. The second kappa shape index (κ2) is 9.05. The van der Waals surface area contributed by atoms with Gasteiger partial charge in [-0.05, 0) is 29.8 Å². The third-order valence-corrected chi connectivity index (χ3v) is 4.31. The minimum Gasteiger partial charge on any atom is -0.493 e. The molecule has 28 heavy (non-hydrogen) atoms. The van der Waals surface area contributed by atoms with E-state index in [1.165, 1.54) is 7.11 Å².